The number of imide groups is 1. The van der Waals surface area contributed by atoms with Gasteiger partial charge in [0, 0.05) is 25.1 Å². The van der Waals surface area contributed by atoms with Gasteiger partial charge in [0.25, 0.3) is 11.8 Å². The molecule has 4 amide bonds. The van der Waals surface area contributed by atoms with Gasteiger partial charge in [0.2, 0.25) is 5.91 Å². The summed E-state index contributed by atoms with van der Waals surface area (Å²) in [6.07, 6.45) is -5.71. The lowest BCUT2D eigenvalue weighted by atomic mass is 10.0. The van der Waals surface area contributed by atoms with Gasteiger partial charge in [-0.05, 0) is 35.1 Å². The van der Waals surface area contributed by atoms with Crippen molar-refractivity contribution >= 4 is 35.8 Å². The van der Waals surface area contributed by atoms with E-state index < -0.39 is 54.8 Å². The second-order valence-corrected chi connectivity index (χ2v) is 10.6. The van der Waals surface area contributed by atoms with Crippen molar-refractivity contribution in [3.05, 3.63) is 70.8 Å². The van der Waals surface area contributed by atoms with Crippen LogP contribution in [0.3, 0.4) is 0 Å². The van der Waals surface area contributed by atoms with Gasteiger partial charge >= 0.3 is 24.2 Å². The smallest absolute Gasteiger partial charge is 0.475 e. The van der Waals surface area contributed by atoms with E-state index in [1.54, 1.807) is 38.1 Å². The minimum atomic E-state index is -5.08. The van der Waals surface area contributed by atoms with Gasteiger partial charge < -0.3 is 30.5 Å². The highest BCUT2D eigenvalue weighted by atomic mass is 19.4. The van der Waals surface area contributed by atoms with Crippen LogP contribution in [0.15, 0.2) is 48.5 Å². The summed E-state index contributed by atoms with van der Waals surface area (Å²) in [5.74, 6) is -5.37. The number of halogens is 3. The molecule has 1 saturated heterocycles. The van der Waals surface area contributed by atoms with E-state index in [2.05, 4.69) is 5.32 Å². The van der Waals surface area contributed by atoms with E-state index in [9.17, 15) is 37.1 Å². The third-order valence-corrected chi connectivity index (χ3v) is 7.16. The topological polar surface area (TPSA) is 186 Å². The lowest BCUT2D eigenvalue weighted by molar-refractivity contribution is -0.192. The molecule has 2 atom stereocenters. The molecule has 0 spiro atoms. The number of nitrogens with one attached hydrogen (secondary N) is 1. The number of nitrogens with zero attached hydrogens (tertiary/aromatic N) is 2. The third kappa shape index (κ3) is 8.80. The summed E-state index contributed by atoms with van der Waals surface area (Å²) in [7, 11) is 0. The summed E-state index contributed by atoms with van der Waals surface area (Å²) in [4.78, 5) is 75.3. The minimum absolute atomic E-state index is 0.00942. The largest absolute Gasteiger partial charge is 0.490 e. The second kappa shape index (κ2) is 15.3. The Morgan fingerprint density at radius 3 is 2.28 bits per heavy atom. The number of aliphatic carboxylic acids is 1. The fourth-order valence-electron chi connectivity index (χ4n) is 4.72. The Morgan fingerprint density at radius 1 is 1.04 bits per heavy atom. The van der Waals surface area contributed by atoms with Crippen LogP contribution in [0.5, 0.6) is 0 Å². The fraction of sp³-hybridized carbons (Fsp3) is 0.400. The number of ether oxygens (including phenoxy) is 2. The molecule has 0 radical (unpaired) electrons. The van der Waals surface area contributed by atoms with E-state index in [1.165, 1.54) is 4.90 Å². The Balaban J connectivity index is 0.000000738. The Bertz CT molecular complexity index is 1470. The number of likely N-dealkylation sites (tertiary alicyclic amines) is 1. The standard InChI is InChI=1S/C28H32N4O7.C2HF3O2/c1-17(2)24(30-28(37)38-15-18-7-4-3-5-8-18)27(36)39-16-32-23(33)12-11-22(26(32)35)31-14-21-19(13-29)9-6-10-20(21)25(31)34;3-2(4,5)1(6)7/h3-10,17,22,24H,11-16,29H2,1-2H3,(H,30,37);(H,6,7)/t22?,24-;/m1./s1. The van der Waals surface area contributed by atoms with Crippen molar-refractivity contribution in [3.63, 3.8) is 0 Å². The molecule has 1 fully saturated rings. The van der Waals surface area contributed by atoms with Gasteiger partial charge in [0.05, 0.1) is 0 Å². The number of alkyl halides is 3. The van der Waals surface area contributed by atoms with Crippen LogP contribution >= 0.6 is 0 Å². The fourth-order valence-corrected chi connectivity index (χ4v) is 4.72. The van der Waals surface area contributed by atoms with Crippen LogP contribution in [0, 0.1) is 5.92 Å². The number of carboxylic acid groups (broad SMARTS) is 1. The first-order valence-corrected chi connectivity index (χ1v) is 14.1. The lowest BCUT2D eigenvalue weighted by Crippen LogP contribution is -2.55. The van der Waals surface area contributed by atoms with Crippen molar-refractivity contribution in [2.75, 3.05) is 6.73 Å². The highest BCUT2D eigenvalue weighted by molar-refractivity contribution is 6.05. The number of carboxylic acids is 1. The molecule has 46 heavy (non-hydrogen) atoms. The number of carbonyl (C=O) groups is 6. The van der Waals surface area contributed by atoms with E-state index in [0.717, 1.165) is 21.6 Å². The van der Waals surface area contributed by atoms with Crippen molar-refractivity contribution in [1.82, 2.24) is 15.1 Å². The first kappa shape index (κ1) is 35.5. The average molecular weight is 651 g/mol. The Labute approximate surface area is 261 Å². The molecule has 0 bridgehead atoms. The molecular formula is C30H33F3N4O9. The maximum absolute atomic E-state index is 13.3. The van der Waals surface area contributed by atoms with Crippen molar-refractivity contribution in [3.8, 4) is 0 Å². The molecule has 13 nitrogen and oxygen atoms in total. The van der Waals surface area contributed by atoms with Gasteiger partial charge in [0.1, 0.15) is 18.7 Å². The zero-order valence-corrected chi connectivity index (χ0v) is 24.9. The van der Waals surface area contributed by atoms with Crippen molar-refractivity contribution in [2.24, 2.45) is 11.7 Å². The van der Waals surface area contributed by atoms with Crippen molar-refractivity contribution < 1.29 is 56.5 Å². The van der Waals surface area contributed by atoms with Gasteiger partial charge in [-0.15, -0.1) is 0 Å². The number of amides is 4. The number of fused-ring (bicyclic) bond motifs is 1. The number of esters is 1. The van der Waals surface area contributed by atoms with E-state index in [1.807, 2.05) is 24.3 Å². The van der Waals surface area contributed by atoms with Crippen molar-refractivity contribution in [2.45, 2.75) is 64.6 Å². The van der Waals surface area contributed by atoms with Crippen LogP contribution in [0.25, 0.3) is 0 Å². The number of hydrogen-bond acceptors (Lipinski definition) is 9. The van der Waals surface area contributed by atoms with Crippen LogP contribution in [-0.2, 0) is 48.3 Å². The van der Waals surface area contributed by atoms with Crippen molar-refractivity contribution in [1.29, 1.82) is 0 Å². The van der Waals surface area contributed by atoms with Crippen LogP contribution in [-0.4, -0.2) is 75.7 Å². The molecule has 2 aliphatic rings. The molecule has 2 aromatic rings. The SMILES string of the molecule is CC(C)[C@@H](NC(=O)OCc1ccccc1)C(=O)OCN1C(=O)CCC(N2Cc3c(CN)cccc3C2=O)C1=O.O=C(O)C(F)(F)F. The highest BCUT2D eigenvalue weighted by Crippen LogP contribution is 2.31. The summed E-state index contributed by atoms with van der Waals surface area (Å²) < 4.78 is 42.2. The highest BCUT2D eigenvalue weighted by Gasteiger charge is 2.43. The summed E-state index contributed by atoms with van der Waals surface area (Å²) in [6, 6.07) is 12.4. The first-order chi connectivity index (χ1) is 21.6. The van der Waals surface area contributed by atoms with Crippen LogP contribution in [0.4, 0.5) is 18.0 Å². The number of benzene rings is 2. The zero-order chi connectivity index (χ0) is 34.2. The van der Waals surface area contributed by atoms with Crippen LogP contribution < -0.4 is 11.1 Å². The average Bonchev–Trinajstić information content (AvgIpc) is 3.34. The molecule has 1 unspecified atom stereocenters. The molecule has 2 heterocycles. The Hall–Kier alpha value is -4.99. The predicted molar refractivity (Wildman–Crippen MR) is 152 cm³/mol. The van der Waals surface area contributed by atoms with E-state index >= 15 is 0 Å². The molecule has 0 aromatic heterocycles. The third-order valence-electron chi connectivity index (χ3n) is 7.16. The quantitative estimate of drug-likeness (QED) is 0.269. The van der Waals surface area contributed by atoms with Gasteiger partial charge in [-0.25, -0.2) is 19.3 Å². The van der Waals surface area contributed by atoms with Gasteiger partial charge in [0.15, 0.2) is 6.73 Å². The molecule has 0 saturated carbocycles. The van der Waals surface area contributed by atoms with Gasteiger partial charge in [-0.2, -0.15) is 13.2 Å². The number of alkyl carbamates (subject to hydrolysis) is 1. The molecule has 2 aliphatic heterocycles. The van der Waals surface area contributed by atoms with Crippen LogP contribution in [0.2, 0.25) is 0 Å². The molecular weight excluding hydrogens is 617 g/mol. The second-order valence-electron chi connectivity index (χ2n) is 10.6. The maximum Gasteiger partial charge on any atom is 0.490 e. The Morgan fingerprint density at radius 2 is 1.70 bits per heavy atom. The molecule has 248 valence electrons. The number of piperidine rings is 1. The first-order valence-electron chi connectivity index (χ1n) is 14.1. The molecule has 16 heteroatoms. The molecule has 0 aliphatic carbocycles. The Kier molecular flexibility index (Phi) is 11.8. The molecule has 4 N–H and O–H groups in total. The molecule has 4 rings (SSSR count). The summed E-state index contributed by atoms with van der Waals surface area (Å²) in [5, 5.41) is 9.61. The number of hydrogen-bond donors (Lipinski definition) is 3. The van der Waals surface area contributed by atoms with E-state index in [-0.39, 0.29) is 44.4 Å². The molecule has 2 aromatic carbocycles. The zero-order valence-electron chi connectivity index (χ0n) is 24.9. The summed E-state index contributed by atoms with van der Waals surface area (Å²) in [5.41, 5.74) is 8.69. The van der Waals surface area contributed by atoms with Gasteiger partial charge in [-0.3, -0.25) is 14.4 Å². The summed E-state index contributed by atoms with van der Waals surface area (Å²) >= 11 is 0. The normalized spacial score (nSPS) is 16.8. The van der Waals surface area contributed by atoms with Gasteiger partial charge in [-0.1, -0.05) is 56.3 Å². The predicted octanol–water partition coefficient (Wildman–Crippen LogP) is 2.70. The maximum atomic E-state index is 13.3. The minimum Gasteiger partial charge on any atom is -0.475 e. The van der Waals surface area contributed by atoms with Crippen LogP contribution in [0.1, 0.15) is 53.7 Å². The van der Waals surface area contributed by atoms with E-state index in [4.69, 9.17) is 25.1 Å². The summed E-state index contributed by atoms with van der Waals surface area (Å²) in [6.45, 7) is 3.29. The van der Waals surface area contributed by atoms with E-state index in [0.29, 0.717) is 5.56 Å². The number of nitrogens with two attached hydrogens (primary N) is 1. The number of carbonyl (C=O) groups excluding carboxylic acids is 5. The number of rotatable bonds is 9. The lowest BCUT2D eigenvalue weighted by Gasteiger charge is -2.35. The monoisotopic (exact) mass is 650 g/mol.